The Bertz CT molecular complexity index is 663. The topological polar surface area (TPSA) is 47.2 Å². The van der Waals surface area contributed by atoms with Gasteiger partial charge in [-0.2, -0.15) is 4.57 Å². The summed E-state index contributed by atoms with van der Waals surface area (Å²) >= 11 is 3.34. The summed E-state index contributed by atoms with van der Waals surface area (Å²) in [5.41, 5.74) is 1.13. The third-order valence-electron chi connectivity index (χ3n) is 2.96. The molecule has 0 aliphatic carbocycles. The average Bonchev–Trinajstić information content (AvgIpc) is 2.48. The highest BCUT2D eigenvalue weighted by Gasteiger charge is 2.14. The number of benzene rings is 1. The molecule has 1 aromatic carbocycles. The lowest BCUT2D eigenvalue weighted by Gasteiger charge is -2.06. The van der Waals surface area contributed by atoms with Crippen molar-refractivity contribution < 1.29 is 18.9 Å². The Labute approximate surface area is 137 Å². The van der Waals surface area contributed by atoms with E-state index in [-0.39, 0.29) is 24.4 Å². The standard InChI is InChI=1S/C17H17BrNO3/c1-12(2)22-17(21)14-7-9-19(10-8-14)11-16(20)13-3-5-15(18)6-4-13/h3-10,12H,11H2,1-2H3/q+1. The van der Waals surface area contributed by atoms with Gasteiger partial charge in [-0.1, -0.05) is 28.1 Å². The van der Waals surface area contributed by atoms with Crippen molar-refractivity contribution in [3.8, 4) is 0 Å². The molecule has 0 atom stereocenters. The maximum atomic E-state index is 12.2. The third-order valence-corrected chi connectivity index (χ3v) is 3.49. The number of aromatic nitrogens is 1. The number of hydrogen-bond donors (Lipinski definition) is 0. The highest BCUT2D eigenvalue weighted by molar-refractivity contribution is 9.10. The minimum absolute atomic E-state index is 0.00927. The van der Waals surface area contributed by atoms with E-state index < -0.39 is 0 Å². The maximum Gasteiger partial charge on any atom is 0.338 e. The van der Waals surface area contributed by atoms with Crippen LogP contribution in [-0.2, 0) is 11.3 Å². The van der Waals surface area contributed by atoms with E-state index in [2.05, 4.69) is 15.9 Å². The van der Waals surface area contributed by atoms with Crippen LogP contribution in [0.3, 0.4) is 0 Å². The summed E-state index contributed by atoms with van der Waals surface area (Å²) in [4.78, 5) is 23.9. The van der Waals surface area contributed by atoms with Crippen LogP contribution in [0.25, 0.3) is 0 Å². The summed E-state index contributed by atoms with van der Waals surface area (Å²) < 4.78 is 7.79. The Morgan fingerprint density at radius 3 is 2.18 bits per heavy atom. The van der Waals surface area contributed by atoms with E-state index in [4.69, 9.17) is 4.74 Å². The van der Waals surface area contributed by atoms with Crippen LogP contribution in [0.4, 0.5) is 0 Å². The number of halogens is 1. The van der Waals surface area contributed by atoms with Gasteiger partial charge in [0.15, 0.2) is 12.4 Å². The van der Waals surface area contributed by atoms with Crippen molar-refractivity contribution in [1.29, 1.82) is 0 Å². The van der Waals surface area contributed by atoms with Gasteiger partial charge in [0.2, 0.25) is 12.3 Å². The van der Waals surface area contributed by atoms with Crippen molar-refractivity contribution in [1.82, 2.24) is 0 Å². The first-order valence-corrected chi connectivity index (χ1v) is 7.74. The number of Topliss-reactive ketones (excluding diaryl/α,β-unsaturated/α-hetero) is 1. The van der Waals surface area contributed by atoms with Crippen LogP contribution in [-0.4, -0.2) is 17.9 Å². The number of esters is 1. The van der Waals surface area contributed by atoms with E-state index in [1.807, 2.05) is 12.1 Å². The van der Waals surface area contributed by atoms with Gasteiger partial charge in [0.25, 0.3) is 0 Å². The summed E-state index contributed by atoms with van der Waals surface area (Å²) in [5.74, 6) is -0.351. The summed E-state index contributed by atoms with van der Waals surface area (Å²) in [6.07, 6.45) is 3.25. The van der Waals surface area contributed by atoms with E-state index in [1.54, 1.807) is 55.1 Å². The molecule has 4 nitrogen and oxygen atoms in total. The van der Waals surface area contributed by atoms with Crippen molar-refractivity contribution in [3.05, 3.63) is 64.4 Å². The predicted molar refractivity (Wildman–Crippen MR) is 85.7 cm³/mol. The zero-order chi connectivity index (χ0) is 16.1. The summed E-state index contributed by atoms with van der Waals surface area (Å²) in [6, 6.07) is 10.5. The monoisotopic (exact) mass is 362 g/mol. The molecule has 0 spiro atoms. The fourth-order valence-electron chi connectivity index (χ4n) is 1.87. The van der Waals surface area contributed by atoms with Crippen LogP contribution in [0.5, 0.6) is 0 Å². The average molecular weight is 363 g/mol. The van der Waals surface area contributed by atoms with E-state index in [0.29, 0.717) is 11.1 Å². The van der Waals surface area contributed by atoms with Crippen LogP contribution >= 0.6 is 15.9 Å². The Balaban J connectivity index is 2.03. The van der Waals surface area contributed by atoms with Gasteiger partial charge in [0.1, 0.15) is 0 Å². The second-order valence-corrected chi connectivity index (χ2v) is 6.06. The molecule has 0 radical (unpaired) electrons. The minimum Gasteiger partial charge on any atom is -0.459 e. The fraction of sp³-hybridized carbons (Fsp3) is 0.235. The molecule has 1 heterocycles. The van der Waals surface area contributed by atoms with E-state index in [1.165, 1.54) is 0 Å². The molecule has 0 saturated carbocycles. The van der Waals surface area contributed by atoms with Crippen molar-refractivity contribution >= 4 is 27.7 Å². The van der Waals surface area contributed by atoms with Crippen LogP contribution in [0, 0.1) is 0 Å². The van der Waals surface area contributed by atoms with Gasteiger partial charge in [0.05, 0.1) is 11.7 Å². The van der Waals surface area contributed by atoms with E-state index in [0.717, 1.165) is 4.47 Å². The van der Waals surface area contributed by atoms with Gasteiger partial charge in [-0.15, -0.1) is 0 Å². The smallest absolute Gasteiger partial charge is 0.338 e. The molecule has 0 fully saturated rings. The Kier molecular flexibility index (Phi) is 5.44. The molecule has 114 valence electrons. The molecule has 5 heteroatoms. The van der Waals surface area contributed by atoms with Crippen molar-refractivity contribution in [3.63, 3.8) is 0 Å². The van der Waals surface area contributed by atoms with Gasteiger partial charge in [-0.05, 0) is 26.0 Å². The Hall–Kier alpha value is -2.01. The SMILES string of the molecule is CC(C)OC(=O)c1cc[n+](CC(=O)c2ccc(Br)cc2)cc1. The molecular weight excluding hydrogens is 346 g/mol. The maximum absolute atomic E-state index is 12.2. The van der Waals surface area contributed by atoms with Crippen molar-refractivity contribution in [2.24, 2.45) is 0 Å². The predicted octanol–water partition coefficient (Wildman–Crippen LogP) is 3.18. The molecule has 0 bridgehead atoms. The van der Waals surface area contributed by atoms with Gasteiger partial charge in [-0.3, -0.25) is 4.79 Å². The molecule has 2 rings (SSSR count). The fourth-order valence-corrected chi connectivity index (χ4v) is 2.14. The third kappa shape index (κ3) is 4.49. The molecule has 0 N–H and O–H groups in total. The minimum atomic E-state index is -0.360. The number of carbonyl (C=O) groups excluding carboxylic acids is 2. The highest BCUT2D eigenvalue weighted by atomic mass is 79.9. The van der Waals surface area contributed by atoms with Crippen LogP contribution in [0.1, 0.15) is 34.6 Å². The van der Waals surface area contributed by atoms with Gasteiger partial charge in [-0.25, -0.2) is 4.79 Å². The largest absolute Gasteiger partial charge is 0.459 e. The molecule has 0 amide bonds. The number of nitrogens with zero attached hydrogens (tertiary/aromatic N) is 1. The lowest BCUT2D eigenvalue weighted by molar-refractivity contribution is -0.683. The zero-order valence-electron chi connectivity index (χ0n) is 12.5. The summed E-state index contributed by atoms with van der Waals surface area (Å²) in [6.45, 7) is 3.83. The molecule has 0 saturated heterocycles. The molecule has 0 aliphatic rings. The molecule has 0 unspecified atom stereocenters. The van der Waals surface area contributed by atoms with E-state index in [9.17, 15) is 9.59 Å². The van der Waals surface area contributed by atoms with E-state index >= 15 is 0 Å². The summed E-state index contributed by atoms with van der Waals surface area (Å²) in [7, 11) is 0. The van der Waals surface area contributed by atoms with Gasteiger partial charge < -0.3 is 4.74 Å². The number of carbonyl (C=O) groups is 2. The quantitative estimate of drug-likeness (QED) is 0.466. The first-order chi connectivity index (χ1) is 10.5. The van der Waals surface area contributed by atoms with Crippen LogP contribution < -0.4 is 4.57 Å². The van der Waals surface area contributed by atoms with Gasteiger partial charge >= 0.3 is 5.97 Å². The lowest BCUT2D eigenvalue weighted by atomic mass is 10.1. The zero-order valence-corrected chi connectivity index (χ0v) is 14.0. The lowest BCUT2D eigenvalue weighted by Crippen LogP contribution is -2.37. The Morgan fingerprint density at radius 1 is 1.05 bits per heavy atom. The number of pyridine rings is 1. The van der Waals surface area contributed by atoms with Crippen LogP contribution in [0.15, 0.2) is 53.3 Å². The highest BCUT2D eigenvalue weighted by Crippen LogP contribution is 2.11. The summed E-state index contributed by atoms with van der Waals surface area (Å²) in [5, 5.41) is 0. The second-order valence-electron chi connectivity index (χ2n) is 5.14. The molecule has 1 aromatic heterocycles. The van der Waals surface area contributed by atoms with Crippen LogP contribution in [0.2, 0.25) is 0 Å². The van der Waals surface area contributed by atoms with Crippen molar-refractivity contribution in [2.75, 3.05) is 0 Å². The molecular formula is C17H17BrNO3+. The molecule has 2 aromatic rings. The molecule has 22 heavy (non-hydrogen) atoms. The molecule has 0 aliphatic heterocycles. The normalized spacial score (nSPS) is 10.5. The Morgan fingerprint density at radius 2 is 1.64 bits per heavy atom. The van der Waals surface area contributed by atoms with Crippen molar-refractivity contribution in [2.45, 2.75) is 26.5 Å². The first-order valence-electron chi connectivity index (χ1n) is 6.94. The number of hydrogen-bond acceptors (Lipinski definition) is 3. The second kappa shape index (κ2) is 7.31. The first kappa shape index (κ1) is 16.4. The van der Waals surface area contributed by atoms with Gasteiger partial charge in [0, 0.05) is 22.2 Å². The number of rotatable bonds is 5. The number of ketones is 1. The number of ether oxygens (including phenoxy) is 1.